The fourth-order valence-electron chi connectivity index (χ4n) is 3.16. The summed E-state index contributed by atoms with van der Waals surface area (Å²) in [7, 11) is 1.46. The van der Waals surface area contributed by atoms with Crippen molar-refractivity contribution in [3.63, 3.8) is 0 Å². The van der Waals surface area contributed by atoms with Gasteiger partial charge in [-0.2, -0.15) is 0 Å². The number of nitrogens with one attached hydrogen (secondary N) is 1. The maximum absolute atomic E-state index is 11.9. The Morgan fingerprint density at radius 1 is 1.38 bits per heavy atom. The van der Waals surface area contributed by atoms with Gasteiger partial charge in [0.25, 0.3) is 0 Å². The number of esters is 1. The van der Waals surface area contributed by atoms with E-state index < -0.39 is 0 Å². The molecule has 2 fully saturated rings. The second-order valence-electron chi connectivity index (χ2n) is 5.88. The number of ether oxygens (including phenoxy) is 2. The van der Waals surface area contributed by atoms with Crippen molar-refractivity contribution in [3.8, 4) is 0 Å². The number of nitrogens with zero attached hydrogens (tertiary/aromatic N) is 2. The standard InChI is InChI=1S/C15H29N3O3/c1-3-5-16-14(15(19)20-2)12-17-6-4-13(11-17)18-7-9-21-10-8-18/h13-14,16H,3-12H2,1-2H3. The Kier molecular flexibility index (Phi) is 6.89. The normalized spacial score (nSPS) is 25.9. The predicted octanol–water partition coefficient (Wildman–Crippen LogP) is -0.0659. The first kappa shape index (κ1) is 16.7. The van der Waals surface area contributed by atoms with E-state index in [1.165, 1.54) is 13.5 Å². The van der Waals surface area contributed by atoms with Gasteiger partial charge in [-0.05, 0) is 25.9 Å². The number of carbonyl (C=O) groups excluding carboxylic acids is 1. The summed E-state index contributed by atoms with van der Waals surface area (Å²) in [5, 5.41) is 3.29. The van der Waals surface area contributed by atoms with Gasteiger partial charge in [0.2, 0.25) is 0 Å². The molecule has 0 aliphatic carbocycles. The van der Waals surface area contributed by atoms with E-state index in [2.05, 4.69) is 22.0 Å². The van der Waals surface area contributed by atoms with Crippen molar-refractivity contribution in [1.29, 1.82) is 0 Å². The van der Waals surface area contributed by atoms with Gasteiger partial charge in [-0.25, -0.2) is 0 Å². The zero-order chi connectivity index (χ0) is 15.1. The first-order chi connectivity index (χ1) is 10.2. The highest BCUT2D eigenvalue weighted by atomic mass is 16.5. The number of likely N-dealkylation sites (tertiary alicyclic amines) is 1. The lowest BCUT2D eigenvalue weighted by molar-refractivity contribution is -0.143. The SMILES string of the molecule is CCCNC(CN1CCC(N2CCOCC2)C1)C(=O)OC. The third-order valence-corrected chi connectivity index (χ3v) is 4.38. The largest absolute Gasteiger partial charge is 0.468 e. The van der Waals surface area contributed by atoms with Gasteiger partial charge in [-0.1, -0.05) is 6.92 Å². The van der Waals surface area contributed by atoms with E-state index in [9.17, 15) is 4.79 Å². The minimum absolute atomic E-state index is 0.154. The van der Waals surface area contributed by atoms with Crippen molar-refractivity contribution in [2.24, 2.45) is 0 Å². The molecule has 1 N–H and O–H groups in total. The van der Waals surface area contributed by atoms with Crippen molar-refractivity contribution >= 4 is 5.97 Å². The van der Waals surface area contributed by atoms with Crippen LogP contribution in [0.5, 0.6) is 0 Å². The highest BCUT2D eigenvalue weighted by molar-refractivity contribution is 5.75. The molecule has 0 radical (unpaired) electrons. The molecule has 0 aromatic heterocycles. The molecule has 0 aromatic carbocycles. The van der Waals surface area contributed by atoms with E-state index in [-0.39, 0.29) is 12.0 Å². The van der Waals surface area contributed by atoms with Gasteiger partial charge in [0.1, 0.15) is 6.04 Å². The Morgan fingerprint density at radius 2 is 2.14 bits per heavy atom. The van der Waals surface area contributed by atoms with E-state index in [0.29, 0.717) is 6.04 Å². The molecule has 2 heterocycles. The van der Waals surface area contributed by atoms with Crippen LogP contribution in [0.2, 0.25) is 0 Å². The number of morpholine rings is 1. The summed E-state index contributed by atoms with van der Waals surface area (Å²) in [6.07, 6.45) is 2.20. The number of carbonyl (C=O) groups is 1. The minimum Gasteiger partial charge on any atom is -0.468 e. The second-order valence-corrected chi connectivity index (χ2v) is 5.88. The summed E-state index contributed by atoms with van der Waals surface area (Å²) in [6.45, 7) is 9.56. The fraction of sp³-hybridized carbons (Fsp3) is 0.933. The number of hydrogen-bond acceptors (Lipinski definition) is 6. The third-order valence-electron chi connectivity index (χ3n) is 4.38. The molecule has 2 aliphatic heterocycles. The van der Waals surface area contributed by atoms with E-state index in [1.807, 2.05) is 0 Å². The van der Waals surface area contributed by atoms with Crippen molar-refractivity contribution in [3.05, 3.63) is 0 Å². The lowest BCUT2D eigenvalue weighted by Gasteiger charge is -2.32. The lowest BCUT2D eigenvalue weighted by atomic mass is 10.2. The zero-order valence-corrected chi connectivity index (χ0v) is 13.3. The van der Waals surface area contributed by atoms with Crippen LogP contribution in [0.1, 0.15) is 19.8 Å². The van der Waals surface area contributed by atoms with Gasteiger partial charge in [-0.3, -0.25) is 14.6 Å². The highest BCUT2D eigenvalue weighted by Gasteiger charge is 2.31. The topological polar surface area (TPSA) is 54.0 Å². The van der Waals surface area contributed by atoms with Crippen LogP contribution in [0.25, 0.3) is 0 Å². The Labute approximate surface area is 127 Å². The molecule has 21 heavy (non-hydrogen) atoms. The first-order valence-corrected chi connectivity index (χ1v) is 8.10. The number of hydrogen-bond donors (Lipinski definition) is 1. The molecule has 122 valence electrons. The molecule has 0 amide bonds. The predicted molar refractivity (Wildman–Crippen MR) is 81.3 cm³/mol. The summed E-state index contributed by atoms with van der Waals surface area (Å²) in [5.74, 6) is -0.154. The maximum Gasteiger partial charge on any atom is 0.324 e. The average molecular weight is 299 g/mol. The molecule has 0 saturated carbocycles. The molecule has 0 bridgehead atoms. The van der Waals surface area contributed by atoms with E-state index in [0.717, 1.165) is 58.9 Å². The van der Waals surface area contributed by atoms with E-state index in [1.54, 1.807) is 0 Å². The van der Waals surface area contributed by atoms with Crippen LogP contribution in [0.15, 0.2) is 0 Å². The van der Waals surface area contributed by atoms with Crippen molar-refractivity contribution in [1.82, 2.24) is 15.1 Å². The van der Waals surface area contributed by atoms with Crippen LogP contribution >= 0.6 is 0 Å². The first-order valence-electron chi connectivity index (χ1n) is 8.10. The summed E-state index contributed by atoms with van der Waals surface area (Å²) in [4.78, 5) is 16.8. The van der Waals surface area contributed by atoms with Crippen LogP contribution in [-0.2, 0) is 14.3 Å². The zero-order valence-electron chi connectivity index (χ0n) is 13.3. The van der Waals surface area contributed by atoms with E-state index in [4.69, 9.17) is 9.47 Å². The molecular formula is C15H29N3O3. The average Bonchev–Trinajstić information content (AvgIpc) is 3.00. The molecule has 2 unspecified atom stereocenters. The Balaban J connectivity index is 1.80. The Hall–Kier alpha value is -0.690. The van der Waals surface area contributed by atoms with Crippen molar-refractivity contribution in [2.75, 3.05) is 59.6 Å². The Morgan fingerprint density at radius 3 is 2.81 bits per heavy atom. The van der Waals surface area contributed by atoms with Crippen LogP contribution in [-0.4, -0.2) is 87.4 Å². The van der Waals surface area contributed by atoms with Crippen LogP contribution in [0, 0.1) is 0 Å². The van der Waals surface area contributed by atoms with Gasteiger partial charge < -0.3 is 14.8 Å². The molecule has 6 heteroatoms. The van der Waals surface area contributed by atoms with Gasteiger partial charge in [0.15, 0.2) is 0 Å². The Bertz CT molecular complexity index is 321. The summed E-state index contributed by atoms with van der Waals surface area (Å²) in [6, 6.07) is 0.400. The number of methoxy groups -OCH3 is 1. The molecule has 6 nitrogen and oxygen atoms in total. The smallest absolute Gasteiger partial charge is 0.324 e. The third kappa shape index (κ3) is 4.92. The molecule has 2 saturated heterocycles. The quantitative estimate of drug-likeness (QED) is 0.665. The van der Waals surface area contributed by atoms with Gasteiger partial charge >= 0.3 is 5.97 Å². The fourth-order valence-corrected chi connectivity index (χ4v) is 3.16. The van der Waals surface area contributed by atoms with Gasteiger partial charge in [-0.15, -0.1) is 0 Å². The monoisotopic (exact) mass is 299 g/mol. The van der Waals surface area contributed by atoms with Crippen LogP contribution < -0.4 is 5.32 Å². The maximum atomic E-state index is 11.9. The second kappa shape index (κ2) is 8.68. The minimum atomic E-state index is -0.210. The van der Waals surface area contributed by atoms with E-state index >= 15 is 0 Å². The molecule has 2 aliphatic rings. The van der Waals surface area contributed by atoms with Crippen molar-refractivity contribution in [2.45, 2.75) is 31.8 Å². The number of rotatable bonds is 7. The molecule has 0 spiro atoms. The molecular weight excluding hydrogens is 270 g/mol. The summed E-state index contributed by atoms with van der Waals surface area (Å²) in [5.41, 5.74) is 0. The van der Waals surface area contributed by atoms with Gasteiger partial charge in [0, 0.05) is 32.2 Å². The highest BCUT2D eigenvalue weighted by Crippen LogP contribution is 2.17. The van der Waals surface area contributed by atoms with Gasteiger partial charge in [0.05, 0.1) is 20.3 Å². The van der Waals surface area contributed by atoms with Crippen LogP contribution in [0.4, 0.5) is 0 Å². The molecule has 2 atom stereocenters. The molecule has 0 aromatic rings. The van der Waals surface area contributed by atoms with Crippen molar-refractivity contribution < 1.29 is 14.3 Å². The van der Waals surface area contributed by atoms with Crippen LogP contribution in [0.3, 0.4) is 0 Å². The summed E-state index contributed by atoms with van der Waals surface area (Å²) >= 11 is 0. The summed E-state index contributed by atoms with van der Waals surface area (Å²) < 4.78 is 10.3. The lowest BCUT2D eigenvalue weighted by Crippen LogP contribution is -2.48. The molecule has 2 rings (SSSR count).